The second-order valence-corrected chi connectivity index (χ2v) is 4.82. The predicted octanol–water partition coefficient (Wildman–Crippen LogP) is 2.70. The number of aromatic nitrogens is 2. The molecule has 6 nitrogen and oxygen atoms in total. The summed E-state index contributed by atoms with van der Waals surface area (Å²) in [6.45, 7) is -0.754. The molecule has 0 aliphatic heterocycles. The lowest BCUT2D eigenvalue weighted by Crippen LogP contribution is -2.12. The van der Waals surface area contributed by atoms with Crippen LogP contribution in [0, 0.1) is 29.1 Å². The summed E-state index contributed by atoms with van der Waals surface area (Å²) in [5, 5.41) is 4.89. The Labute approximate surface area is 144 Å². The maximum absolute atomic E-state index is 13.8. The van der Waals surface area contributed by atoms with Gasteiger partial charge in [-0.3, -0.25) is 4.99 Å². The summed E-state index contributed by atoms with van der Waals surface area (Å²) < 4.78 is 67.4. The Morgan fingerprint density at radius 2 is 1.81 bits per heavy atom. The van der Waals surface area contributed by atoms with Gasteiger partial charge in [0.2, 0.25) is 5.95 Å². The number of nitrogens with one attached hydrogen (secondary N) is 2. The summed E-state index contributed by atoms with van der Waals surface area (Å²) in [7, 11) is 1.49. The van der Waals surface area contributed by atoms with Gasteiger partial charge in [-0.1, -0.05) is 0 Å². The minimum absolute atomic E-state index is 0.0808. The first-order valence-corrected chi connectivity index (χ1v) is 7.06. The zero-order chi connectivity index (χ0) is 19.3. The smallest absolute Gasteiger partial charge is 0.229 e. The van der Waals surface area contributed by atoms with Gasteiger partial charge in [-0.2, -0.15) is 4.98 Å². The number of nitrogens with zero attached hydrogens (tertiary/aromatic N) is 3. The summed E-state index contributed by atoms with van der Waals surface area (Å²) in [6, 6.07) is 0.0808. The van der Waals surface area contributed by atoms with Crippen molar-refractivity contribution < 1.29 is 22.0 Å². The van der Waals surface area contributed by atoms with Crippen LogP contribution in [0.5, 0.6) is 0 Å². The van der Waals surface area contributed by atoms with E-state index in [0.29, 0.717) is 5.70 Å². The number of nitrogens with two attached hydrogens (primary N) is 1. The van der Waals surface area contributed by atoms with E-state index in [-0.39, 0.29) is 12.0 Å². The molecule has 1 aromatic carbocycles. The van der Waals surface area contributed by atoms with Crippen LogP contribution in [0.25, 0.3) is 0 Å². The Bertz CT molecular complexity index is 842. The third-order valence-corrected chi connectivity index (χ3v) is 3.08. The lowest BCUT2D eigenvalue weighted by atomic mass is 10.2. The predicted molar refractivity (Wildman–Crippen MR) is 85.9 cm³/mol. The van der Waals surface area contributed by atoms with Crippen LogP contribution in [0.1, 0.15) is 5.56 Å². The van der Waals surface area contributed by atoms with Crippen LogP contribution in [0.15, 0.2) is 29.2 Å². The lowest BCUT2D eigenvalue weighted by Gasteiger charge is -2.11. The van der Waals surface area contributed by atoms with E-state index in [1.165, 1.54) is 13.3 Å². The zero-order valence-electron chi connectivity index (χ0n) is 13.3. The molecule has 0 saturated heterocycles. The fraction of sp³-hybridized carbons (Fsp3) is 0.133. The van der Waals surface area contributed by atoms with Gasteiger partial charge in [0.25, 0.3) is 0 Å². The summed E-state index contributed by atoms with van der Waals surface area (Å²) in [6.07, 6.45) is 3.29. The zero-order valence-corrected chi connectivity index (χ0v) is 13.3. The van der Waals surface area contributed by atoms with Gasteiger partial charge < -0.3 is 16.4 Å². The molecule has 0 unspecified atom stereocenters. The van der Waals surface area contributed by atoms with Crippen LogP contribution in [0.2, 0.25) is 0 Å². The quantitative estimate of drug-likeness (QED) is 0.412. The van der Waals surface area contributed by atoms with E-state index < -0.39 is 47.0 Å². The van der Waals surface area contributed by atoms with E-state index in [2.05, 4.69) is 25.6 Å². The van der Waals surface area contributed by atoms with Gasteiger partial charge in [0.15, 0.2) is 34.9 Å². The molecule has 2 aromatic rings. The SMILES string of the molecule is CN=CC(=CN)Nc1ncc(F)c(NCc2c(F)c(F)cc(F)c2F)n1. The highest BCUT2D eigenvalue weighted by Gasteiger charge is 2.19. The molecule has 0 bridgehead atoms. The molecule has 2 rings (SSSR count). The Balaban J connectivity index is 2.24. The topological polar surface area (TPSA) is 88.2 Å². The molecule has 0 fully saturated rings. The van der Waals surface area contributed by atoms with Crippen LogP contribution in [-0.2, 0) is 6.54 Å². The molecule has 11 heteroatoms. The normalized spacial score (nSPS) is 11.8. The van der Waals surface area contributed by atoms with E-state index in [9.17, 15) is 22.0 Å². The minimum Gasteiger partial charge on any atom is -0.403 e. The average molecular weight is 372 g/mol. The molecule has 138 valence electrons. The van der Waals surface area contributed by atoms with Crippen molar-refractivity contribution in [2.24, 2.45) is 10.7 Å². The number of rotatable bonds is 6. The number of allylic oxidation sites excluding steroid dienone is 1. The van der Waals surface area contributed by atoms with Crippen molar-refractivity contribution in [3.8, 4) is 0 Å². The maximum atomic E-state index is 13.8. The lowest BCUT2D eigenvalue weighted by molar-refractivity contribution is 0.440. The standard InChI is InChI=1S/C15H13F5N6/c1-22-4-7(3-21)25-15-24-6-11(18)14(26-15)23-5-8-12(19)9(16)2-10(17)13(8)20/h2-4,6H,5,21H2,1H3,(H2,23,24,25,26). The number of anilines is 2. The Kier molecular flexibility index (Phi) is 6.04. The summed E-state index contributed by atoms with van der Waals surface area (Å²) in [4.78, 5) is 11.1. The van der Waals surface area contributed by atoms with Gasteiger partial charge in [-0.05, 0) is 0 Å². The first-order chi connectivity index (χ1) is 12.4. The van der Waals surface area contributed by atoms with E-state index in [4.69, 9.17) is 5.73 Å². The monoisotopic (exact) mass is 372 g/mol. The van der Waals surface area contributed by atoms with Crippen molar-refractivity contribution >= 4 is 18.0 Å². The van der Waals surface area contributed by atoms with Crippen LogP contribution in [0.3, 0.4) is 0 Å². The molecule has 1 heterocycles. The highest BCUT2D eigenvalue weighted by Crippen LogP contribution is 2.21. The molecule has 0 saturated carbocycles. The average Bonchev–Trinajstić information content (AvgIpc) is 2.62. The highest BCUT2D eigenvalue weighted by molar-refractivity contribution is 5.81. The van der Waals surface area contributed by atoms with Gasteiger partial charge >= 0.3 is 0 Å². The molecule has 0 aliphatic rings. The van der Waals surface area contributed by atoms with Crippen molar-refractivity contribution in [1.29, 1.82) is 0 Å². The molecule has 0 aliphatic carbocycles. The molecule has 0 amide bonds. The van der Waals surface area contributed by atoms with E-state index in [0.717, 1.165) is 12.4 Å². The van der Waals surface area contributed by atoms with Crippen LogP contribution in [0.4, 0.5) is 33.7 Å². The molecule has 0 radical (unpaired) electrons. The van der Waals surface area contributed by atoms with Crippen molar-refractivity contribution in [1.82, 2.24) is 9.97 Å². The Hall–Kier alpha value is -3.24. The van der Waals surface area contributed by atoms with Gasteiger partial charge in [0.1, 0.15) is 0 Å². The highest BCUT2D eigenvalue weighted by atomic mass is 19.2. The second-order valence-electron chi connectivity index (χ2n) is 4.82. The Morgan fingerprint density at radius 1 is 1.15 bits per heavy atom. The number of halogens is 5. The molecule has 0 spiro atoms. The van der Waals surface area contributed by atoms with E-state index >= 15 is 0 Å². The Morgan fingerprint density at radius 3 is 2.38 bits per heavy atom. The second kappa shape index (κ2) is 8.23. The summed E-state index contributed by atoms with van der Waals surface area (Å²) in [5.41, 5.74) is 4.72. The number of hydrogen-bond acceptors (Lipinski definition) is 6. The first kappa shape index (κ1) is 19.1. The van der Waals surface area contributed by atoms with Gasteiger partial charge in [-0.25, -0.2) is 26.9 Å². The number of benzene rings is 1. The van der Waals surface area contributed by atoms with Gasteiger partial charge in [0, 0.05) is 37.6 Å². The van der Waals surface area contributed by atoms with Gasteiger partial charge in [-0.15, -0.1) is 0 Å². The van der Waals surface area contributed by atoms with Crippen molar-refractivity contribution in [3.63, 3.8) is 0 Å². The molecule has 1 aromatic heterocycles. The third kappa shape index (κ3) is 4.23. The van der Waals surface area contributed by atoms with E-state index in [1.807, 2.05) is 0 Å². The molecule has 26 heavy (non-hydrogen) atoms. The molecular formula is C15H13F5N6. The minimum atomic E-state index is -1.59. The van der Waals surface area contributed by atoms with Crippen LogP contribution < -0.4 is 16.4 Å². The van der Waals surface area contributed by atoms with E-state index in [1.54, 1.807) is 0 Å². The fourth-order valence-electron chi connectivity index (χ4n) is 1.89. The third-order valence-electron chi connectivity index (χ3n) is 3.08. The maximum Gasteiger partial charge on any atom is 0.229 e. The summed E-state index contributed by atoms with van der Waals surface area (Å²) in [5.74, 6) is -7.80. The van der Waals surface area contributed by atoms with Crippen molar-refractivity contribution in [3.05, 3.63) is 58.8 Å². The summed E-state index contributed by atoms with van der Waals surface area (Å²) >= 11 is 0. The number of aliphatic imine (C=N–C) groups is 1. The van der Waals surface area contributed by atoms with Crippen molar-refractivity contribution in [2.45, 2.75) is 6.54 Å². The van der Waals surface area contributed by atoms with Crippen molar-refractivity contribution in [2.75, 3.05) is 17.7 Å². The van der Waals surface area contributed by atoms with Crippen LogP contribution >= 0.6 is 0 Å². The fourth-order valence-corrected chi connectivity index (χ4v) is 1.89. The first-order valence-electron chi connectivity index (χ1n) is 7.06. The molecular weight excluding hydrogens is 359 g/mol. The number of hydrogen-bond donors (Lipinski definition) is 3. The van der Waals surface area contributed by atoms with Gasteiger partial charge in [0.05, 0.1) is 11.9 Å². The molecule has 4 N–H and O–H groups in total. The largest absolute Gasteiger partial charge is 0.403 e. The molecule has 0 atom stereocenters. The van der Waals surface area contributed by atoms with Crippen LogP contribution in [-0.4, -0.2) is 23.2 Å².